The van der Waals surface area contributed by atoms with E-state index in [1.165, 1.54) is 25.9 Å². The first-order chi connectivity index (χ1) is 17.8. The van der Waals surface area contributed by atoms with Crippen LogP contribution in [0.4, 0.5) is 11.6 Å². The highest BCUT2D eigenvalue weighted by atomic mass is 16.5. The molecule has 4 heterocycles. The van der Waals surface area contributed by atoms with E-state index in [0.29, 0.717) is 38.3 Å². The predicted molar refractivity (Wildman–Crippen MR) is 140 cm³/mol. The fraction of sp³-hybridized carbons (Fsp3) is 0.393. The molecule has 1 N–H and O–H groups in total. The maximum atomic E-state index is 6.18. The summed E-state index contributed by atoms with van der Waals surface area (Å²) in [5.41, 5.74) is 3.59. The van der Waals surface area contributed by atoms with Gasteiger partial charge in [0.2, 0.25) is 11.8 Å². The van der Waals surface area contributed by atoms with Gasteiger partial charge in [-0.25, -0.2) is 15.0 Å². The third kappa shape index (κ3) is 6.80. The summed E-state index contributed by atoms with van der Waals surface area (Å²) in [6.07, 6.45) is 12.0. The van der Waals surface area contributed by atoms with E-state index in [-0.39, 0.29) is 0 Å². The number of aromatic nitrogens is 3. The molecule has 0 spiro atoms. The minimum absolute atomic E-state index is 0.452. The second kappa shape index (κ2) is 12.5. The number of hydrogen-bond donors (Lipinski definition) is 1. The first-order valence-corrected chi connectivity index (χ1v) is 12.7. The number of fused-ring (bicyclic) bond motifs is 7. The van der Waals surface area contributed by atoms with Crippen molar-refractivity contribution in [2.45, 2.75) is 32.3 Å². The molecule has 0 unspecified atom stereocenters. The van der Waals surface area contributed by atoms with Crippen LogP contribution in [-0.2, 0) is 11.3 Å². The molecule has 1 saturated heterocycles. The highest BCUT2D eigenvalue weighted by Crippen LogP contribution is 2.27. The Kier molecular flexibility index (Phi) is 8.38. The lowest BCUT2D eigenvalue weighted by Gasteiger charge is -2.16. The van der Waals surface area contributed by atoms with Gasteiger partial charge in [0.25, 0.3) is 0 Å². The molecule has 6 bridgehead atoms. The Morgan fingerprint density at radius 1 is 1.00 bits per heavy atom. The van der Waals surface area contributed by atoms with Crippen LogP contribution in [0, 0.1) is 0 Å². The van der Waals surface area contributed by atoms with E-state index < -0.39 is 0 Å². The number of benzene rings is 1. The van der Waals surface area contributed by atoms with Gasteiger partial charge < -0.3 is 24.4 Å². The highest BCUT2D eigenvalue weighted by molar-refractivity contribution is 5.63. The zero-order valence-corrected chi connectivity index (χ0v) is 20.6. The van der Waals surface area contributed by atoms with Crippen LogP contribution in [0.25, 0.3) is 11.3 Å². The molecule has 3 aromatic rings. The molecule has 0 atom stereocenters. The number of pyridine rings is 1. The predicted octanol–water partition coefficient (Wildman–Crippen LogP) is 5.00. The summed E-state index contributed by atoms with van der Waals surface area (Å²) in [4.78, 5) is 15.9. The molecule has 1 fully saturated rings. The van der Waals surface area contributed by atoms with Gasteiger partial charge in [0.1, 0.15) is 5.75 Å². The van der Waals surface area contributed by atoms with Crippen molar-refractivity contribution in [3.63, 3.8) is 0 Å². The van der Waals surface area contributed by atoms with Gasteiger partial charge in [-0.2, -0.15) is 0 Å². The maximum absolute atomic E-state index is 6.18. The van der Waals surface area contributed by atoms with Crippen molar-refractivity contribution >= 4 is 11.6 Å². The number of anilines is 2. The van der Waals surface area contributed by atoms with Gasteiger partial charge in [0, 0.05) is 41.8 Å². The lowest BCUT2D eigenvalue weighted by Crippen LogP contribution is -2.22. The smallest absolute Gasteiger partial charge is 0.227 e. The zero-order chi connectivity index (χ0) is 24.4. The standard InChI is InChI=1S/C28H33N5O3/c1-4-16-34-21-23-19-24(7-8-26(23)35-18-6-15-33-13-2-3-14-33)31-28-30-12-10-25(32-28)22-9-11-29-27(20-22)36-17-5-1/h1,4,7-12,19-20H,2-3,5-6,13-18,21H2,(H,30,31,32)/b4-1+. The molecule has 0 saturated carbocycles. The summed E-state index contributed by atoms with van der Waals surface area (Å²) in [7, 11) is 0. The number of nitrogens with zero attached hydrogens (tertiary/aromatic N) is 4. The molecule has 36 heavy (non-hydrogen) atoms. The van der Waals surface area contributed by atoms with Crippen molar-refractivity contribution in [1.29, 1.82) is 0 Å². The SMILES string of the molecule is C1=C/COCc2cc(ccc2OCCCN2CCCC2)Nc2nccc(n2)-c2ccnc(c2)OCC/1. The van der Waals surface area contributed by atoms with Crippen molar-refractivity contribution in [2.24, 2.45) is 0 Å². The highest BCUT2D eigenvalue weighted by Gasteiger charge is 2.12. The molecule has 8 nitrogen and oxygen atoms in total. The van der Waals surface area contributed by atoms with Gasteiger partial charge >= 0.3 is 0 Å². The van der Waals surface area contributed by atoms with Crippen molar-refractivity contribution in [3.05, 3.63) is 66.5 Å². The van der Waals surface area contributed by atoms with Crippen LogP contribution < -0.4 is 14.8 Å². The van der Waals surface area contributed by atoms with Gasteiger partial charge in [0.15, 0.2) is 0 Å². The average Bonchev–Trinajstić information content (AvgIpc) is 3.43. The van der Waals surface area contributed by atoms with Crippen LogP contribution in [0.15, 0.2) is 60.9 Å². The van der Waals surface area contributed by atoms with E-state index in [1.807, 2.05) is 36.4 Å². The van der Waals surface area contributed by atoms with Crippen molar-refractivity contribution in [1.82, 2.24) is 19.9 Å². The normalized spacial score (nSPS) is 17.3. The van der Waals surface area contributed by atoms with Crippen LogP contribution in [0.3, 0.4) is 0 Å². The Balaban J connectivity index is 1.33. The Morgan fingerprint density at radius 2 is 1.92 bits per heavy atom. The topological polar surface area (TPSA) is 81.6 Å². The van der Waals surface area contributed by atoms with E-state index in [4.69, 9.17) is 19.2 Å². The fourth-order valence-corrected chi connectivity index (χ4v) is 4.40. The van der Waals surface area contributed by atoms with Crippen molar-refractivity contribution in [2.75, 3.05) is 44.8 Å². The van der Waals surface area contributed by atoms with Gasteiger partial charge in [-0.05, 0) is 69.1 Å². The van der Waals surface area contributed by atoms with Gasteiger partial charge in [0.05, 0.1) is 32.1 Å². The zero-order valence-electron chi connectivity index (χ0n) is 20.6. The van der Waals surface area contributed by atoms with E-state index >= 15 is 0 Å². The maximum Gasteiger partial charge on any atom is 0.227 e. The first-order valence-electron chi connectivity index (χ1n) is 12.7. The Bertz CT molecular complexity index is 1160. The van der Waals surface area contributed by atoms with Crippen LogP contribution in [0.5, 0.6) is 11.6 Å². The summed E-state index contributed by atoms with van der Waals surface area (Å²) in [5.74, 6) is 1.95. The molecule has 5 rings (SSSR count). The largest absolute Gasteiger partial charge is 0.493 e. The van der Waals surface area contributed by atoms with E-state index in [0.717, 1.165) is 47.6 Å². The Morgan fingerprint density at radius 3 is 2.86 bits per heavy atom. The first kappa shape index (κ1) is 24.2. The molecule has 0 amide bonds. The van der Waals surface area contributed by atoms with Crippen molar-refractivity contribution < 1.29 is 14.2 Å². The molecule has 188 valence electrons. The quantitative estimate of drug-likeness (QED) is 0.398. The average molecular weight is 488 g/mol. The van der Waals surface area contributed by atoms with Crippen molar-refractivity contribution in [3.8, 4) is 22.9 Å². The monoisotopic (exact) mass is 487 g/mol. The molecular formula is C28H33N5O3. The summed E-state index contributed by atoms with van der Waals surface area (Å²) in [5, 5.41) is 3.33. The Labute approximate surface area is 212 Å². The molecule has 1 aromatic carbocycles. The molecule has 2 aromatic heterocycles. The minimum atomic E-state index is 0.452. The van der Waals surface area contributed by atoms with Gasteiger partial charge in [-0.1, -0.05) is 12.2 Å². The van der Waals surface area contributed by atoms with Crippen LogP contribution in [0.2, 0.25) is 0 Å². The van der Waals surface area contributed by atoms with Crippen LogP contribution in [0.1, 0.15) is 31.2 Å². The lowest BCUT2D eigenvalue weighted by molar-refractivity contribution is 0.144. The fourth-order valence-electron chi connectivity index (χ4n) is 4.40. The second-order valence-electron chi connectivity index (χ2n) is 8.97. The number of likely N-dealkylation sites (tertiary alicyclic amines) is 1. The second-order valence-corrected chi connectivity index (χ2v) is 8.97. The molecular weight excluding hydrogens is 454 g/mol. The van der Waals surface area contributed by atoms with Gasteiger partial charge in [-0.3, -0.25) is 0 Å². The summed E-state index contributed by atoms with van der Waals surface area (Å²) >= 11 is 0. The van der Waals surface area contributed by atoms with Gasteiger partial charge in [-0.15, -0.1) is 0 Å². The van der Waals surface area contributed by atoms with E-state index in [2.05, 4.69) is 32.3 Å². The molecule has 0 aliphatic carbocycles. The molecule has 8 heteroatoms. The number of ether oxygens (including phenoxy) is 3. The number of nitrogens with one attached hydrogen (secondary N) is 1. The summed E-state index contributed by atoms with van der Waals surface area (Å²) < 4.78 is 17.9. The molecule has 0 radical (unpaired) electrons. The van der Waals surface area contributed by atoms with Crippen LogP contribution in [-0.4, -0.2) is 59.3 Å². The third-order valence-corrected chi connectivity index (χ3v) is 6.25. The minimum Gasteiger partial charge on any atom is -0.493 e. The third-order valence-electron chi connectivity index (χ3n) is 6.25. The number of hydrogen-bond acceptors (Lipinski definition) is 8. The molecule has 2 aliphatic rings. The lowest BCUT2D eigenvalue weighted by atomic mass is 10.2. The van der Waals surface area contributed by atoms with Crippen LogP contribution >= 0.6 is 0 Å². The summed E-state index contributed by atoms with van der Waals surface area (Å²) in [6, 6.07) is 11.7. The summed E-state index contributed by atoms with van der Waals surface area (Å²) in [6.45, 7) is 5.72. The van der Waals surface area contributed by atoms with E-state index in [1.54, 1.807) is 12.4 Å². The van der Waals surface area contributed by atoms with E-state index in [9.17, 15) is 0 Å². The number of rotatable bonds is 5. The Hall–Kier alpha value is -3.49. The molecule has 2 aliphatic heterocycles.